The molecule has 0 aliphatic carbocycles. The summed E-state index contributed by atoms with van der Waals surface area (Å²) in [6.45, 7) is 4.83. The van der Waals surface area contributed by atoms with Crippen molar-refractivity contribution in [3.63, 3.8) is 0 Å². The van der Waals surface area contributed by atoms with Gasteiger partial charge in [-0.2, -0.15) is 0 Å². The zero-order chi connectivity index (χ0) is 12.3. The van der Waals surface area contributed by atoms with Crippen LogP contribution in [0.25, 0.3) is 10.6 Å². The van der Waals surface area contributed by atoms with Crippen LogP contribution >= 0.6 is 11.3 Å². The largest absolute Gasteiger partial charge is 0.354 e. The molecule has 2 aromatic heterocycles. The van der Waals surface area contributed by atoms with Gasteiger partial charge in [-0.3, -0.25) is 0 Å². The van der Waals surface area contributed by atoms with Crippen LogP contribution < -0.4 is 5.32 Å². The maximum Gasteiger partial charge on any atom is 0.223 e. The molecule has 90 valence electrons. The number of anilines is 1. The van der Waals surface area contributed by atoms with Gasteiger partial charge in [0.15, 0.2) is 5.82 Å². The number of rotatable bonds is 4. The summed E-state index contributed by atoms with van der Waals surface area (Å²) in [6, 6.07) is 3.84. The van der Waals surface area contributed by atoms with E-state index in [0.29, 0.717) is 11.6 Å². The van der Waals surface area contributed by atoms with E-state index in [-0.39, 0.29) is 5.82 Å². The van der Waals surface area contributed by atoms with Gasteiger partial charge in [0.05, 0.1) is 11.1 Å². The summed E-state index contributed by atoms with van der Waals surface area (Å²) in [5.41, 5.74) is 0.372. The molecule has 3 nitrogen and oxygen atoms in total. The molecule has 0 saturated carbocycles. The minimum atomic E-state index is -0.381. The molecule has 0 fully saturated rings. The molecule has 0 unspecified atom stereocenters. The Balaban J connectivity index is 2.32. The Labute approximate surface area is 104 Å². The fourth-order valence-electron chi connectivity index (χ4n) is 1.42. The average molecular weight is 251 g/mol. The zero-order valence-electron chi connectivity index (χ0n) is 9.83. The molecule has 2 rings (SSSR count). The van der Waals surface area contributed by atoms with E-state index >= 15 is 0 Å². The quantitative estimate of drug-likeness (QED) is 0.904. The molecule has 2 aromatic rings. The first-order valence-electron chi connectivity index (χ1n) is 5.54. The van der Waals surface area contributed by atoms with Crippen molar-refractivity contribution >= 4 is 17.3 Å². The van der Waals surface area contributed by atoms with Crippen LogP contribution in [0.2, 0.25) is 0 Å². The first kappa shape index (κ1) is 12.0. The van der Waals surface area contributed by atoms with Gasteiger partial charge in [-0.25, -0.2) is 14.4 Å². The topological polar surface area (TPSA) is 37.8 Å². The summed E-state index contributed by atoms with van der Waals surface area (Å²) < 4.78 is 13.6. The average Bonchev–Trinajstić information content (AvgIpc) is 2.75. The molecular weight excluding hydrogens is 237 g/mol. The predicted octanol–water partition coefficient (Wildman–Crippen LogP) is 3.47. The van der Waals surface area contributed by atoms with Crippen molar-refractivity contribution < 1.29 is 4.39 Å². The van der Waals surface area contributed by atoms with Gasteiger partial charge in [-0.15, -0.1) is 11.3 Å². The molecule has 0 aromatic carbocycles. The van der Waals surface area contributed by atoms with Crippen LogP contribution in [-0.2, 0) is 0 Å². The lowest BCUT2D eigenvalue weighted by atomic mass is 10.3. The molecule has 2 heterocycles. The molecule has 1 N–H and O–H groups in total. The smallest absolute Gasteiger partial charge is 0.223 e. The van der Waals surface area contributed by atoms with Gasteiger partial charge >= 0.3 is 0 Å². The number of hydrogen-bond acceptors (Lipinski definition) is 4. The lowest BCUT2D eigenvalue weighted by molar-refractivity contribution is 0.619. The van der Waals surface area contributed by atoms with Crippen LogP contribution in [0.1, 0.15) is 18.2 Å². The fourth-order valence-corrected chi connectivity index (χ4v) is 2.28. The summed E-state index contributed by atoms with van der Waals surface area (Å²) in [5.74, 6) is 0.100. The van der Waals surface area contributed by atoms with Crippen LogP contribution in [-0.4, -0.2) is 16.5 Å². The van der Waals surface area contributed by atoms with E-state index in [1.165, 1.54) is 17.5 Å². The van der Waals surface area contributed by atoms with Crippen molar-refractivity contribution in [1.29, 1.82) is 0 Å². The summed E-state index contributed by atoms with van der Waals surface area (Å²) in [4.78, 5) is 10.1. The normalized spacial score (nSPS) is 10.5. The fraction of sp³-hybridized carbons (Fsp3) is 0.333. The van der Waals surface area contributed by atoms with Crippen molar-refractivity contribution in [2.45, 2.75) is 20.3 Å². The van der Waals surface area contributed by atoms with Gasteiger partial charge in [-0.1, -0.05) is 6.92 Å². The van der Waals surface area contributed by atoms with Gasteiger partial charge in [0.25, 0.3) is 0 Å². The molecule has 17 heavy (non-hydrogen) atoms. The summed E-state index contributed by atoms with van der Waals surface area (Å²) in [7, 11) is 0. The Kier molecular flexibility index (Phi) is 3.68. The van der Waals surface area contributed by atoms with Crippen LogP contribution in [0, 0.1) is 12.7 Å². The number of nitrogens with zero attached hydrogens (tertiary/aromatic N) is 2. The molecule has 0 aliphatic heterocycles. The second kappa shape index (κ2) is 5.23. The second-order valence-electron chi connectivity index (χ2n) is 3.73. The maximum atomic E-state index is 13.6. The lowest BCUT2D eigenvalue weighted by Crippen LogP contribution is -2.05. The molecular formula is C12H14FN3S. The van der Waals surface area contributed by atoms with Gasteiger partial charge in [0.2, 0.25) is 5.95 Å². The van der Waals surface area contributed by atoms with Crippen LogP contribution in [0.15, 0.2) is 18.3 Å². The van der Waals surface area contributed by atoms with Gasteiger partial charge in [0, 0.05) is 11.4 Å². The van der Waals surface area contributed by atoms with Crippen molar-refractivity contribution in [3.05, 3.63) is 29.0 Å². The maximum absolute atomic E-state index is 13.6. The monoisotopic (exact) mass is 251 g/mol. The molecule has 0 atom stereocenters. The number of halogens is 1. The van der Waals surface area contributed by atoms with Crippen molar-refractivity contribution in [3.8, 4) is 10.6 Å². The van der Waals surface area contributed by atoms with Crippen molar-refractivity contribution in [1.82, 2.24) is 9.97 Å². The Bertz CT molecular complexity index is 510. The number of aromatic nitrogens is 2. The highest BCUT2D eigenvalue weighted by Gasteiger charge is 2.10. The van der Waals surface area contributed by atoms with Gasteiger partial charge in [-0.05, 0) is 25.5 Å². The highest BCUT2D eigenvalue weighted by molar-refractivity contribution is 7.15. The standard InChI is InChI=1S/C12H14FN3S/c1-3-6-14-12-15-7-9(13)11(16-12)10-5-4-8(2)17-10/h4-5,7H,3,6H2,1-2H3,(H,14,15,16). The van der Waals surface area contributed by atoms with Crippen LogP contribution in [0.4, 0.5) is 10.3 Å². The van der Waals surface area contributed by atoms with E-state index in [9.17, 15) is 4.39 Å². The zero-order valence-corrected chi connectivity index (χ0v) is 10.6. The molecule has 0 spiro atoms. The number of aryl methyl sites for hydroxylation is 1. The second-order valence-corrected chi connectivity index (χ2v) is 5.02. The van der Waals surface area contributed by atoms with E-state index in [0.717, 1.165) is 22.7 Å². The minimum absolute atomic E-state index is 0.372. The Morgan fingerprint density at radius 1 is 1.41 bits per heavy atom. The molecule has 0 saturated heterocycles. The van der Waals surface area contributed by atoms with E-state index in [2.05, 4.69) is 22.2 Å². The SMILES string of the molecule is CCCNc1ncc(F)c(-c2ccc(C)s2)n1. The van der Waals surface area contributed by atoms with Crippen LogP contribution in [0.3, 0.4) is 0 Å². The number of thiophene rings is 1. The Morgan fingerprint density at radius 3 is 2.88 bits per heavy atom. The first-order chi connectivity index (χ1) is 8.20. The third-order valence-electron chi connectivity index (χ3n) is 2.25. The number of nitrogens with one attached hydrogen (secondary N) is 1. The molecule has 5 heteroatoms. The van der Waals surface area contributed by atoms with Crippen molar-refractivity contribution in [2.24, 2.45) is 0 Å². The molecule has 0 aliphatic rings. The molecule has 0 radical (unpaired) electrons. The minimum Gasteiger partial charge on any atom is -0.354 e. The summed E-state index contributed by atoms with van der Waals surface area (Å²) in [5, 5.41) is 3.05. The summed E-state index contributed by atoms with van der Waals surface area (Å²) in [6.07, 6.45) is 2.20. The Morgan fingerprint density at radius 2 is 2.24 bits per heavy atom. The van der Waals surface area contributed by atoms with E-state index in [4.69, 9.17) is 0 Å². The third kappa shape index (κ3) is 2.79. The van der Waals surface area contributed by atoms with Crippen molar-refractivity contribution in [2.75, 3.05) is 11.9 Å². The highest BCUT2D eigenvalue weighted by atomic mass is 32.1. The molecule has 0 amide bonds. The lowest BCUT2D eigenvalue weighted by Gasteiger charge is -2.05. The first-order valence-corrected chi connectivity index (χ1v) is 6.35. The molecule has 0 bridgehead atoms. The van der Waals surface area contributed by atoms with E-state index < -0.39 is 0 Å². The van der Waals surface area contributed by atoms with Gasteiger partial charge in [0.1, 0.15) is 5.69 Å². The Hall–Kier alpha value is -1.49. The highest BCUT2D eigenvalue weighted by Crippen LogP contribution is 2.28. The predicted molar refractivity (Wildman–Crippen MR) is 68.8 cm³/mol. The third-order valence-corrected chi connectivity index (χ3v) is 3.26. The van der Waals surface area contributed by atoms with E-state index in [1.807, 2.05) is 19.1 Å². The van der Waals surface area contributed by atoms with Gasteiger partial charge < -0.3 is 5.32 Å². The number of hydrogen-bond donors (Lipinski definition) is 1. The van der Waals surface area contributed by atoms with E-state index in [1.54, 1.807) is 0 Å². The van der Waals surface area contributed by atoms with Crippen LogP contribution in [0.5, 0.6) is 0 Å². The summed E-state index contributed by atoms with van der Waals surface area (Å²) >= 11 is 1.53.